The minimum Gasteiger partial charge on any atom is -0.325 e. The molecule has 0 atom stereocenters. The molecule has 10 heteroatoms. The van der Waals surface area contributed by atoms with Crippen LogP contribution in [0.25, 0.3) is 44.1 Å². The van der Waals surface area contributed by atoms with Crippen LogP contribution in [-0.4, -0.2) is 25.0 Å². The highest BCUT2D eigenvalue weighted by Gasteiger charge is 2.26. The first-order chi connectivity index (χ1) is 16.8. The number of nitriles is 1. The number of pyridine rings is 1. The molecule has 35 heavy (non-hydrogen) atoms. The second-order valence-electron chi connectivity index (χ2n) is 8.30. The summed E-state index contributed by atoms with van der Waals surface area (Å²) < 4.78 is 17.4. The smallest absolute Gasteiger partial charge is 0.272 e. The van der Waals surface area contributed by atoms with E-state index in [0.29, 0.717) is 60.3 Å². The van der Waals surface area contributed by atoms with E-state index in [0.717, 1.165) is 0 Å². The minimum absolute atomic E-state index is 0.0860. The lowest BCUT2D eigenvalue weighted by Crippen LogP contribution is -2.14. The number of aromatic nitrogens is 5. The lowest BCUT2D eigenvalue weighted by atomic mass is 9.91. The Balaban J connectivity index is 1.87. The number of nitrogens with zero attached hydrogens (tertiary/aromatic N) is 5. The minimum atomic E-state index is -0.554. The third-order valence-electron chi connectivity index (χ3n) is 6.25. The molecule has 0 amide bonds. The summed E-state index contributed by atoms with van der Waals surface area (Å²) in [5.74, 6) is -0.554. The van der Waals surface area contributed by atoms with Crippen molar-refractivity contribution in [1.82, 2.24) is 25.0 Å². The van der Waals surface area contributed by atoms with Crippen molar-refractivity contribution in [3.05, 3.63) is 74.2 Å². The molecule has 3 N–H and O–H groups in total. The van der Waals surface area contributed by atoms with E-state index in [1.165, 1.54) is 10.9 Å². The first-order valence-electron chi connectivity index (χ1n) is 10.7. The number of hydrogen-bond acceptors (Lipinski definition) is 6. The molecule has 0 radical (unpaired) electrons. The summed E-state index contributed by atoms with van der Waals surface area (Å²) >= 11 is 6.09. The fourth-order valence-electron chi connectivity index (χ4n) is 4.60. The molecule has 0 aliphatic rings. The van der Waals surface area contributed by atoms with E-state index < -0.39 is 5.82 Å². The molecule has 0 unspecified atom stereocenters. The number of aromatic amines is 1. The highest BCUT2D eigenvalue weighted by atomic mass is 35.5. The van der Waals surface area contributed by atoms with E-state index in [1.807, 2.05) is 13.0 Å². The maximum Gasteiger partial charge on any atom is 0.272 e. The summed E-state index contributed by atoms with van der Waals surface area (Å²) in [7, 11) is 1.68. The van der Waals surface area contributed by atoms with Gasteiger partial charge in [-0.15, -0.1) is 0 Å². The third-order valence-corrected chi connectivity index (χ3v) is 6.46. The number of halogens is 2. The van der Waals surface area contributed by atoms with Gasteiger partial charge < -0.3 is 5.73 Å². The molecule has 0 spiro atoms. The quantitative estimate of drug-likeness (QED) is 0.391. The van der Waals surface area contributed by atoms with Gasteiger partial charge in [0.15, 0.2) is 0 Å². The molecule has 3 aromatic heterocycles. The molecule has 174 valence electrons. The van der Waals surface area contributed by atoms with Crippen molar-refractivity contribution in [2.24, 2.45) is 12.8 Å². The van der Waals surface area contributed by atoms with Crippen molar-refractivity contribution >= 4 is 33.3 Å². The first-order valence-corrected chi connectivity index (χ1v) is 11.1. The Morgan fingerprint density at radius 3 is 2.71 bits per heavy atom. The van der Waals surface area contributed by atoms with Crippen LogP contribution in [0, 0.1) is 31.0 Å². The van der Waals surface area contributed by atoms with Gasteiger partial charge in [-0.25, -0.2) is 9.49 Å². The van der Waals surface area contributed by atoms with Crippen molar-refractivity contribution in [2.45, 2.75) is 20.4 Å². The molecule has 0 aliphatic heterocycles. The fraction of sp³-hybridized carbons (Fsp3) is 0.160. The standard InChI is InChI=1S/C25H19ClFN7O/c1-11-4-13(5-16-19(8-29)32-33-25(35)20(11)16)18-10-31-34(3)24(18)21-17(7-28)23-15(12(2)22(21)27)6-14(26)9-30-23/h4-6,9-10H,8,29H2,1-3H3,(H,33,35). The van der Waals surface area contributed by atoms with Gasteiger partial charge in [-0.2, -0.15) is 15.5 Å². The molecule has 2 aromatic carbocycles. The zero-order valence-corrected chi connectivity index (χ0v) is 19.8. The predicted molar refractivity (Wildman–Crippen MR) is 132 cm³/mol. The van der Waals surface area contributed by atoms with Gasteiger partial charge >= 0.3 is 0 Å². The van der Waals surface area contributed by atoms with Crippen molar-refractivity contribution in [1.29, 1.82) is 5.26 Å². The van der Waals surface area contributed by atoms with Crippen molar-refractivity contribution in [3.8, 4) is 28.5 Å². The van der Waals surface area contributed by atoms with Gasteiger partial charge in [0.2, 0.25) is 0 Å². The van der Waals surface area contributed by atoms with Crippen LogP contribution in [0.3, 0.4) is 0 Å². The van der Waals surface area contributed by atoms with Crippen LogP contribution in [0.5, 0.6) is 0 Å². The van der Waals surface area contributed by atoms with Crippen molar-refractivity contribution < 1.29 is 4.39 Å². The van der Waals surface area contributed by atoms with Crippen molar-refractivity contribution in [2.75, 3.05) is 0 Å². The largest absolute Gasteiger partial charge is 0.325 e. The van der Waals surface area contributed by atoms with E-state index in [1.54, 1.807) is 32.3 Å². The zero-order chi connectivity index (χ0) is 25.0. The number of rotatable bonds is 3. The Labute approximate surface area is 203 Å². The van der Waals surface area contributed by atoms with Crippen molar-refractivity contribution in [3.63, 3.8) is 0 Å². The zero-order valence-electron chi connectivity index (χ0n) is 19.1. The average Bonchev–Trinajstić information content (AvgIpc) is 3.22. The van der Waals surface area contributed by atoms with E-state index >= 15 is 4.39 Å². The molecule has 8 nitrogen and oxygen atoms in total. The first kappa shape index (κ1) is 22.7. The lowest BCUT2D eigenvalue weighted by molar-refractivity contribution is 0.621. The molecule has 0 saturated carbocycles. The number of nitrogens with two attached hydrogens (primary N) is 1. The van der Waals surface area contributed by atoms with Crippen LogP contribution in [0.1, 0.15) is 22.4 Å². The van der Waals surface area contributed by atoms with E-state index in [2.05, 4.69) is 26.3 Å². The summed E-state index contributed by atoms with van der Waals surface area (Å²) in [5, 5.41) is 22.9. The number of fused-ring (bicyclic) bond motifs is 2. The van der Waals surface area contributed by atoms with Gasteiger partial charge in [0.05, 0.1) is 44.6 Å². The van der Waals surface area contributed by atoms with Crippen LogP contribution in [0.2, 0.25) is 5.02 Å². The topological polar surface area (TPSA) is 126 Å². The average molecular weight is 488 g/mol. The monoisotopic (exact) mass is 487 g/mol. The summed E-state index contributed by atoms with van der Waals surface area (Å²) in [6.45, 7) is 3.57. The number of hydrogen-bond donors (Lipinski definition) is 2. The third kappa shape index (κ3) is 3.38. The van der Waals surface area contributed by atoms with E-state index in [-0.39, 0.29) is 23.2 Å². The second-order valence-corrected chi connectivity index (χ2v) is 8.74. The lowest BCUT2D eigenvalue weighted by Gasteiger charge is -2.15. The molecule has 5 rings (SSSR count). The molecular weight excluding hydrogens is 469 g/mol. The maximum absolute atomic E-state index is 15.9. The Hall–Kier alpha value is -4.13. The second kappa shape index (κ2) is 8.27. The van der Waals surface area contributed by atoms with E-state index in [9.17, 15) is 10.1 Å². The molecule has 0 bridgehead atoms. The van der Waals surface area contributed by atoms with Gasteiger partial charge in [0.1, 0.15) is 11.9 Å². The normalized spacial score (nSPS) is 11.3. The van der Waals surface area contributed by atoms with Crippen LogP contribution in [-0.2, 0) is 13.6 Å². The Kier molecular flexibility index (Phi) is 5.35. The molecule has 3 heterocycles. The highest BCUT2D eigenvalue weighted by Crippen LogP contribution is 2.40. The molecular formula is C25H19ClFN7O. The number of H-pyrrole nitrogens is 1. The number of nitrogens with one attached hydrogen (secondary N) is 1. The summed E-state index contributed by atoms with van der Waals surface area (Å²) in [6, 6.07) is 7.35. The van der Waals surface area contributed by atoms with E-state index in [4.69, 9.17) is 17.3 Å². The number of benzene rings is 2. The molecule has 5 aromatic rings. The summed E-state index contributed by atoms with van der Waals surface area (Å²) in [4.78, 5) is 16.8. The molecule has 0 fully saturated rings. The predicted octanol–water partition coefficient (Wildman–Crippen LogP) is 4.28. The SMILES string of the molecule is Cc1c(F)c(-c2c(-c3cc(C)c4c(=O)[nH]nc(CN)c4c3)cnn2C)c(C#N)c2ncc(Cl)cc12. The van der Waals surface area contributed by atoms with Gasteiger partial charge in [-0.1, -0.05) is 17.7 Å². The van der Waals surface area contributed by atoms with Gasteiger partial charge in [0.25, 0.3) is 5.56 Å². The Bertz CT molecular complexity index is 1780. The van der Waals surface area contributed by atoms with Crippen LogP contribution < -0.4 is 11.3 Å². The van der Waals surface area contributed by atoms with Gasteiger partial charge in [0, 0.05) is 36.1 Å². The van der Waals surface area contributed by atoms with Crippen LogP contribution >= 0.6 is 11.6 Å². The highest BCUT2D eigenvalue weighted by molar-refractivity contribution is 6.31. The summed E-state index contributed by atoms with van der Waals surface area (Å²) in [5.41, 5.74) is 9.33. The van der Waals surface area contributed by atoms with Gasteiger partial charge in [-0.3, -0.25) is 14.5 Å². The summed E-state index contributed by atoms with van der Waals surface area (Å²) in [6.07, 6.45) is 3.04. The Morgan fingerprint density at radius 2 is 2.00 bits per heavy atom. The molecule has 0 saturated heterocycles. The van der Waals surface area contributed by atoms with Crippen LogP contribution in [0.4, 0.5) is 4.39 Å². The Morgan fingerprint density at radius 1 is 1.23 bits per heavy atom. The maximum atomic E-state index is 15.9. The van der Waals surface area contributed by atoms with Gasteiger partial charge in [-0.05, 0) is 42.7 Å². The fourth-order valence-corrected chi connectivity index (χ4v) is 4.75. The molecule has 0 aliphatic carbocycles. The number of aryl methyl sites for hydroxylation is 3. The van der Waals surface area contributed by atoms with Crippen LogP contribution in [0.15, 0.2) is 35.4 Å².